The van der Waals surface area contributed by atoms with Gasteiger partial charge in [0.2, 0.25) is 0 Å². The topological polar surface area (TPSA) is 54.1 Å². The molecule has 0 amide bonds. The van der Waals surface area contributed by atoms with Crippen molar-refractivity contribution in [1.29, 1.82) is 10.5 Å². The fourth-order valence-corrected chi connectivity index (χ4v) is 11.5. The van der Waals surface area contributed by atoms with Gasteiger partial charge in [-0.25, -0.2) is 0 Å². The van der Waals surface area contributed by atoms with Crippen molar-refractivity contribution in [2.75, 3.05) is 26.2 Å². The number of allylic oxidation sites excluding steroid dienone is 2. The summed E-state index contributed by atoms with van der Waals surface area (Å²) in [6.07, 6.45) is 3.65. The molecular formula is C21H31N4PS. The number of fused-ring (bicyclic) bond motifs is 1. The van der Waals surface area contributed by atoms with Crippen LogP contribution in [-0.2, 0) is 0 Å². The molecular weight excluding hydrogens is 371 g/mol. The molecule has 0 aromatic heterocycles. The van der Waals surface area contributed by atoms with Gasteiger partial charge in [-0.1, -0.05) is 31.1 Å². The van der Waals surface area contributed by atoms with Crippen LogP contribution in [-0.4, -0.2) is 41.1 Å². The standard InChI is InChI=1S/C21H31N4PS/c1-6-24(7-2)19-20(25(8-3)9-4)26-21(19,14-23)17(13-22)18(27-26)16-12-10-11-15(16)5/h15-16H,6-12H2,1-5H3. The fourth-order valence-electron chi connectivity index (χ4n) is 4.90. The molecule has 0 spiro atoms. The highest BCUT2D eigenvalue weighted by molar-refractivity contribution is 8.60. The molecule has 1 fully saturated rings. The molecule has 2 heterocycles. The molecule has 0 radical (unpaired) electrons. The molecule has 0 N–H and O–H groups in total. The van der Waals surface area contributed by atoms with Gasteiger partial charge in [0.15, 0.2) is 5.16 Å². The quantitative estimate of drug-likeness (QED) is 0.528. The van der Waals surface area contributed by atoms with E-state index < -0.39 is 12.3 Å². The zero-order valence-electron chi connectivity index (χ0n) is 17.2. The van der Waals surface area contributed by atoms with Crippen molar-refractivity contribution in [3.8, 4) is 12.1 Å². The van der Waals surface area contributed by atoms with Gasteiger partial charge in [-0.2, -0.15) is 10.5 Å². The van der Waals surface area contributed by atoms with Gasteiger partial charge < -0.3 is 9.80 Å². The van der Waals surface area contributed by atoms with Crippen molar-refractivity contribution in [2.45, 2.75) is 59.0 Å². The van der Waals surface area contributed by atoms with E-state index >= 15 is 0 Å². The molecule has 146 valence electrons. The van der Waals surface area contributed by atoms with Gasteiger partial charge in [0.25, 0.3) is 0 Å². The highest BCUT2D eigenvalue weighted by Gasteiger charge is 2.66. The van der Waals surface area contributed by atoms with Crippen molar-refractivity contribution in [3.63, 3.8) is 0 Å². The van der Waals surface area contributed by atoms with Crippen LogP contribution in [0.25, 0.3) is 0 Å². The largest absolute Gasteiger partial charge is 0.372 e. The van der Waals surface area contributed by atoms with Crippen LogP contribution < -0.4 is 0 Å². The molecule has 4 atom stereocenters. The Labute approximate surface area is 169 Å². The second-order valence-corrected chi connectivity index (χ2v) is 11.5. The zero-order chi connectivity index (χ0) is 19.8. The average Bonchev–Trinajstić information content (AvgIpc) is 3.22. The van der Waals surface area contributed by atoms with Crippen molar-refractivity contribution in [1.82, 2.24) is 9.80 Å². The van der Waals surface area contributed by atoms with Gasteiger partial charge in [-0.05, 0) is 46.0 Å². The van der Waals surface area contributed by atoms with E-state index in [2.05, 4.69) is 56.6 Å². The van der Waals surface area contributed by atoms with Crippen LogP contribution in [0.2, 0.25) is 0 Å². The first kappa shape index (κ1) is 20.6. The minimum Gasteiger partial charge on any atom is -0.372 e. The Morgan fingerprint density at radius 1 is 1.07 bits per heavy atom. The van der Waals surface area contributed by atoms with Crippen molar-refractivity contribution in [2.24, 2.45) is 11.8 Å². The number of hydrogen-bond donors (Lipinski definition) is 0. The van der Waals surface area contributed by atoms with Gasteiger partial charge in [0, 0.05) is 38.2 Å². The SMILES string of the molecule is CCN(CC)C1=C(N(CC)CC)C2(C#N)C(C#N)=C(C3CCCC3C)SP12. The summed E-state index contributed by atoms with van der Waals surface area (Å²) < 4.78 is 0. The van der Waals surface area contributed by atoms with Gasteiger partial charge in [0.05, 0.1) is 28.8 Å². The van der Waals surface area contributed by atoms with E-state index in [1.165, 1.54) is 29.6 Å². The van der Waals surface area contributed by atoms with Crippen molar-refractivity contribution < 1.29 is 0 Å². The Balaban J connectivity index is 2.16. The first-order valence-electron chi connectivity index (χ1n) is 10.3. The minimum atomic E-state index is -0.724. The average molecular weight is 403 g/mol. The molecule has 0 saturated heterocycles. The third-order valence-corrected chi connectivity index (χ3v) is 11.9. The highest BCUT2D eigenvalue weighted by atomic mass is 32.7. The molecule has 1 aliphatic carbocycles. The maximum atomic E-state index is 10.4. The second-order valence-electron chi connectivity index (χ2n) is 7.59. The van der Waals surface area contributed by atoms with Gasteiger partial charge in [-0.15, -0.1) is 0 Å². The summed E-state index contributed by atoms with van der Waals surface area (Å²) in [6, 6.07) is 5.22. The third kappa shape index (κ3) is 2.82. The lowest BCUT2D eigenvalue weighted by Crippen LogP contribution is -2.48. The van der Waals surface area contributed by atoms with Crippen LogP contribution in [0, 0.1) is 34.5 Å². The first-order valence-corrected chi connectivity index (χ1v) is 13.1. The Morgan fingerprint density at radius 2 is 1.70 bits per heavy atom. The molecule has 1 saturated carbocycles. The third-order valence-electron chi connectivity index (χ3n) is 6.46. The Morgan fingerprint density at radius 3 is 2.15 bits per heavy atom. The fraction of sp³-hybridized carbons (Fsp3) is 0.714. The van der Waals surface area contributed by atoms with E-state index in [1.54, 1.807) is 0 Å². The van der Waals surface area contributed by atoms with Gasteiger partial charge >= 0.3 is 0 Å². The predicted octanol–water partition coefficient (Wildman–Crippen LogP) is 5.47. The normalized spacial score (nSPS) is 32.0. The molecule has 6 heteroatoms. The van der Waals surface area contributed by atoms with Crippen molar-refractivity contribution >= 4 is 18.5 Å². The monoisotopic (exact) mass is 402 g/mol. The molecule has 27 heavy (non-hydrogen) atoms. The van der Waals surface area contributed by atoms with Crippen LogP contribution in [0.3, 0.4) is 0 Å². The predicted molar refractivity (Wildman–Crippen MR) is 115 cm³/mol. The summed E-state index contributed by atoms with van der Waals surface area (Å²) in [4.78, 5) is 6.01. The van der Waals surface area contributed by atoms with Crippen LogP contribution in [0.15, 0.2) is 21.6 Å². The van der Waals surface area contributed by atoms with E-state index in [0.29, 0.717) is 11.8 Å². The zero-order valence-corrected chi connectivity index (χ0v) is 19.0. The highest BCUT2D eigenvalue weighted by Crippen LogP contribution is 2.86. The van der Waals surface area contributed by atoms with Gasteiger partial charge in [0.1, 0.15) is 0 Å². The maximum Gasteiger partial charge on any atom is 0.169 e. The van der Waals surface area contributed by atoms with Crippen LogP contribution in [0.1, 0.15) is 53.9 Å². The summed E-state index contributed by atoms with van der Waals surface area (Å²) >= 11 is 1.90. The number of nitriles is 2. The maximum absolute atomic E-state index is 10.4. The first-order chi connectivity index (χ1) is 13.0. The van der Waals surface area contributed by atoms with E-state index in [1.807, 2.05) is 11.4 Å². The van der Waals surface area contributed by atoms with E-state index in [-0.39, 0.29) is 0 Å². The Hall–Kier alpha value is -1.16. The molecule has 0 aromatic carbocycles. The molecule has 3 aliphatic rings. The summed E-state index contributed by atoms with van der Waals surface area (Å²) in [7, 11) is -0.724. The smallest absolute Gasteiger partial charge is 0.169 e. The molecule has 3 rings (SSSR count). The van der Waals surface area contributed by atoms with E-state index in [4.69, 9.17) is 0 Å². The summed E-state index contributed by atoms with van der Waals surface area (Å²) in [6.45, 7) is 14.7. The molecule has 4 unspecified atom stereocenters. The second kappa shape index (κ2) is 8.06. The number of hydrogen-bond acceptors (Lipinski definition) is 5. The lowest BCUT2D eigenvalue weighted by atomic mass is 9.88. The van der Waals surface area contributed by atoms with Crippen molar-refractivity contribution in [3.05, 3.63) is 21.6 Å². The van der Waals surface area contributed by atoms with E-state index in [0.717, 1.165) is 37.4 Å². The molecule has 0 bridgehead atoms. The lowest BCUT2D eigenvalue weighted by molar-refractivity contribution is 0.319. The number of nitrogens with zero attached hydrogens (tertiary/aromatic N) is 4. The molecule has 4 nitrogen and oxygen atoms in total. The van der Waals surface area contributed by atoms with E-state index in [9.17, 15) is 10.5 Å². The Bertz CT molecular complexity index is 738. The lowest BCUT2D eigenvalue weighted by Gasteiger charge is -2.51. The van der Waals surface area contributed by atoms with Crippen LogP contribution >= 0.6 is 18.5 Å². The summed E-state index contributed by atoms with van der Waals surface area (Å²) in [5.41, 5.74) is 3.28. The van der Waals surface area contributed by atoms with Crippen LogP contribution in [0.5, 0.6) is 0 Å². The minimum absolute atomic E-state index is 0.471. The van der Waals surface area contributed by atoms with Gasteiger partial charge in [-0.3, -0.25) is 0 Å². The molecule has 2 aliphatic heterocycles. The van der Waals surface area contributed by atoms with Crippen LogP contribution in [0.4, 0.5) is 0 Å². The summed E-state index contributed by atoms with van der Waals surface area (Å²) in [5.74, 6) is 1.09. The summed E-state index contributed by atoms with van der Waals surface area (Å²) in [5, 5.41) is 19.9. The Kier molecular flexibility index (Phi) is 6.14. The molecule has 0 aromatic rings. The number of rotatable bonds is 7.